The second kappa shape index (κ2) is 5.33. The van der Waals surface area contributed by atoms with Crippen molar-refractivity contribution in [2.75, 3.05) is 6.54 Å². The number of nitrogens with one attached hydrogen (secondary N) is 2. The Morgan fingerprint density at radius 2 is 2.32 bits per heavy atom. The first kappa shape index (κ1) is 12.7. The van der Waals surface area contributed by atoms with Gasteiger partial charge < -0.3 is 10.3 Å². The number of hydrogen-bond donors (Lipinski definition) is 2. The number of imidazole rings is 1. The Morgan fingerprint density at radius 1 is 1.42 bits per heavy atom. The molecule has 1 aliphatic carbocycles. The van der Waals surface area contributed by atoms with Crippen molar-refractivity contribution in [2.24, 2.45) is 11.8 Å². The van der Waals surface area contributed by atoms with Crippen LogP contribution in [0.5, 0.6) is 0 Å². The summed E-state index contributed by atoms with van der Waals surface area (Å²) in [5.74, 6) is 2.39. The van der Waals surface area contributed by atoms with Gasteiger partial charge in [0.25, 0.3) is 0 Å². The Balaban J connectivity index is 1.78. The SMILES string of the molecule is CCC1C=CC(c2cnc(C3CCCN3)[nH]2)=CC1C. The second-order valence-electron chi connectivity index (χ2n) is 5.74. The molecular formula is C16H23N3. The molecule has 0 bridgehead atoms. The molecule has 3 unspecified atom stereocenters. The molecule has 1 aromatic heterocycles. The van der Waals surface area contributed by atoms with Gasteiger partial charge in [0, 0.05) is 0 Å². The van der Waals surface area contributed by atoms with E-state index in [9.17, 15) is 0 Å². The minimum absolute atomic E-state index is 0.419. The van der Waals surface area contributed by atoms with Gasteiger partial charge in [-0.2, -0.15) is 0 Å². The molecule has 0 amide bonds. The number of aromatic nitrogens is 2. The number of allylic oxidation sites excluding steroid dienone is 4. The summed E-state index contributed by atoms with van der Waals surface area (Å²) in [6.07, 6.45) is 12.6. The van der Waals surface area contributed by atoms with E-state index >= 15 is 0 Å². The highest BCUT2D eigenvalue weighted by Crippen LogP contribution is 2.30. The van der Waals surface area contributed by atoms with Gasteiger partial charge in [0.1, 0.15) is 5.82 Å². The van der Waals surface area contributed by atoms with E-state index in [4.69, 9.17) is 0 Å². The van der Waals surface area contributed by atoms with E-state index in [1.54, 1.807) is 0 Å². The maximum absolute atomic E-state index is 4.54. The van der Waals surface area contributed by atoms with Gasteiger partial charge in [-0.25, -0.2) is 4.98 Å². The van der Waals surface area contributed by atoms with E-state index in [0.717, 1.165) is 18.1 Å². The van der Waals surface area contributed by atoms with Crippen molar-refractivity contribution in [3.63, 3.8) is 0 Å². The fourth-order valence-corrected chi connectivity index (χ4v) is 3.13. The van der Waals surface area contributed by atoms with Crippen LogP contribution in [0, 0.1) is 11.8 Å². The summed E-state index contributed by atoms with van der Waals surface area (Å²) in [5, 5.41) is 3.48. The first-order chi connectivity index (χ1) is 9.28. The molecular weight excluding hydrogens is 234 g/mol. The predicted octanol–water partition coefficient (Wildman–Crippen LogP) is 3.45. The standard InChI is InChI=1S/C16H23N3/c1-3-12-6-7-13(9-11(12)2)15-10-18-16(19-15)14-5-4-8-17-14/h6-7,9-12,14,17H,3-5,8H2,1-2H3,(H,18,19). The van der Waals surface area contributed by atoms with E-state index in [1.807, 2.05) is 6.20 Å². The van der Waals surface area contributed by atoms with Crippen LogP contribution in [0.1, 0.15) is 50.7 Å². The van der Waals surface area contributed by atoms with Crippen LogP contribution >= 0.6 is 0 Å². The van der Waals surface area contributed by atoms with Crippen molar-refractivity contribution in [3.05, 3.63) is 35.9 Å². The molecule has 0 spiro atoms. The quantitative estimate of drug-likeness (QED) is 0.870. The van der Waals surface area contributed by atoms with E-state index in [-0.39, 0.29) is 0 Å². The van der Waals surface area contributed by atoms with Gasteiger partial charge in [0.15, 0.2) is 0 Å². The second-order valence-corrected chi connectivity index (χ2v) is 5.74. The van der Waals surface area contributed by atoms with Gasteiger partial charge in [-0.1, -0.05) is 32.1 Å². The van der Waals surface area contributed by atoms with Crippen molar-refractivity contribution in [2.45, 2.75) is 39.2 Å². The van der Waals surface area contributed by atoms with Crippen LogP contribution in [0.25, 0.3) is 5.57 Å². The monoisotopic (exact) mass is 257 g/mol. The topological polar surface area (TPSA) is 40.7 Å². The Bertz CT molecular complexity index is 492. The fraction of sp³-hybridized carbons (Fsp3) is 0.562. The van der Waals surface area contributed by atoms with Gasteiger partial charge in [-0.3, -0.25) is 0 Å². The zero-order valence-electron chi connectivity index (χ0n) is 11.8. The summed E-state index contributed by atoms with van der Waals surface area (Å²) in [4.78, 5) is 8.03. The average Bonchev–Trinajstić information content (AvgIpc) is 3.09. The minimum Gasteiger partial charge on any atom is -0.341 e. The average molecular weight is 257 g/mol. The third-order valence-corrected chi connectivity index (χ3v) is 4.41. The van der Waals surface area contributed by atoms with Crippen molar-refractivity contribution >= 4 is 5.57 Å². The lowest BCUT2D eigenvalue weighted by Crippen LogP contribution is -2.14. The first-order valence-electron chi connectivity index (χ1n) is 7.46. The summed E-state index contributed by atoms with van der Waals surface area (Å²) in [6, 6.07) is 0.419. The van der Waals surface area contributed by atoms with Crippen molar-refractivity contribution in [3.8, 4) is 0 Å². The predicted molar refractivity (Wildman–Crippen MR) is 78.6 cm³/mol. The maximum atomic E-state index is 4.54. The summed E-state index contributed by atoms with van der Waals surface area (Å²) in [6.45, 7) is 5.66. The highest BCUT2D eigenvalue weighted by molar-refractivity contribution is 5.72. The molecule has 1 aliphatic heterocycles. The van der Waals surface area contributed by atoms with Crippen LogP contribution in [0.15, 0.2) is 24.4 Å². The third-order valence-electron chi connectivity index (χ3n) is 4.41. The molecule has 1 fully saturated rings. The van der Waals surface area contributed by atoms with E-state index in [1.165, 1.54) is 24.8 Å². The number of nitrogens with zero attached hydrogens (tertiary/aromatic N) is 1. The highest BCUT2D eigenvalue weighted by Gasteiger charge is 2.21. The molecule has 3 nitrogen and oxygen atoms in total. The lowest BCUT2D eigenvalue weighted by molar-refractivity contribution is 0.493. The third kappa shape index (κ3) is 2.52. The summed E-state index contributed by atoms with van der Waals surface area (Å²) >= 11 is 0. The smallest absolute Gasteiger partial charge is 0.123 e. The molecule has 3 rings (SSSR count). The Labute approximate surface area is 115 Å². The lowest BCUT2D eigenvalue weighted by atomic mass is 9.85. The molecule has 2 heterocycles. The fourth-order valence-electron chi connectivity index (χ4n) is 3.13. The molecule has 102 valence electrons. The van der Waals surface area contributed by atoms with Gasteiger partial charge in [-0.05, 0) is 43.2 Å². The lowest BCUT2D eigenvalue weighted by Gasteiger charge is -2.21. The Morgan fingerprint density at radius 3 is 3.00 bits per heavy atom. The molecule has 0 aromatic carbocycles. The van der Waals surface area contributed by atoms with Crippen LogP contribution in [0.2, 0.25) is 0 Å². The van der Waals surface area contributed by atoms with Gasteiger partial charge in [0.05, 0.1) is 17.9 Å². The summed E-state index contributed by atoms with van der Waals surface area (Å²) in [7, 11) is 0. The molecule has 0 saturated carbocycles. The molecule has 0 radical (unpaired) electrons. The van der Waals surface area contributed by atoms with E-state index in [2.05, 4.69) is 47.4 Å². The van der Waals surface area contributed by atoms with Crippen molar-refractivity contribution in [1.82, 2.24) is 15.3 Å². The van der Waals surface area contributed by atoms with Crippen LogP contribution < -0.4 is 5.32 Å². The number of aromatic amines is 1. The summed E-state index contributed by atoms with van der Waals surface area (Å²) in [5.41, 5.74) is 2.44. The molecule has 2 N–H and O–H groups in total. The molecule has 2 aliphatic rings. The molecule has 19 heavy (non-hydrogen) atoms. The highest BCUT2D eigenvalue weighted by atomic mass is 15.0. The molecule has 3 atom stereocenters. The largest absolute Gasteiger partial charge is 0.341 e. The van der Waals surface area contributed by atoms with E-state index in [0.29, 0.717) is 17.9 Å². The zero-order chi connectivity index (χ0) is 13.2. The van der Waals surface area contributed by atoms with Crippen molar-refractivity contribution < 1.29 is 0 Å². The first-order valence-corrected chi connectivity index (χ1v) is 7.46. The molecule has 3 heteroatoms. The number of rotatable bonds is 3. The van der Waals surface area contributed by atoms with Crippen LogP contribution in [-0.2, 0) is 0 Å². The Kier molecular flexibility index (Phi) is 3.56. The zero-order valence-corrected chi connectivity index (χ0v) is 11.8. The van der Waals surface area contributed by atoms with Gasteiger partial charge in [-0.15, -0.1) is 0 Å². The number of hydrogen-bond acceptors (Lipinski definition) is 2. The van der Waals surface area contributed by atoms with Crippen LogP contribution in [0.3, 0.4) is 0 Å². The minimum atomic E-state index is 0.419. The van der Waals surface area contributed by atoms with Crippen molar-refractivity contribution in [1.29, 1.82) is 0 Å². The van der Waals surface area contributed by atoms with Gasteiger partial charge >= 0.3 is 0 Å². The summed E-state index contributed by atoms with van der Waals surface area (Å²) < 4.78 is 0. The molecule has 1 saturated heterocycles. The number of H-pyrrole nitrogens is 1. The normalized spacial score (nSPS) is 30.6. The Hall–Kier alpha value is -1.35. The van der Waals surface area contributed by atoms with Crippen LogP contribution in [0.4, 0.5) is 0 Å². The van der Waals surface area contributed by atoms with Gasteiger partial charge in [0.2, 0.25) is 0 Å². The molecule has 1 aromatic rings. The van der Waals surface area contributed by atoms with Crippen LogP contribution in [-0.4, -0.2) is 16.5 Å². The van der Waals surface area contributed by atoms with E-state index < -0.39 is 0 Å². The maximum Gasteiger partial charge on any atom is 0.123 e.